The van der Waals surface area contributed by atoms with Crippen LogP contribution in [-0.2, 0) is 0 Å². The lowest BCUT2D eigenvalue weighted by atomic mass is 10.0. The van der Waals surface area contributed by atoms with Crippen molar-refractivity contribution in [3.8, 4) is 0 Å². The highest BCUT2D eigenvalue weighted by Crippen LogP contribution is 2.41. The van der Waals surface area contributed by atoms with E-state index >= 15 is 0 Å². The van der Waals surface area contributed by atoms with Crippen LogP contribution in [0.25, 0.3) is 6.08 Å². The van der Waals surface area contributed by atoms with Gasteiger partial charge in [0.15, 0.2) is 0 Å². The van der Waals surface area contributed by atoms with Gasteiger partial charge >= 0.3 is 0 Å². The van der Waals surface area contributed by atoms with Crippen LogP contribution in [0.1, 0.15) is 36.8 Å². The van der Waals surface area contributed by atoms with Crippen molar-refractivity contribution >= 4 is 6.08 Å². The van der Waals surface area contributed by atoms with Crippen molar-refractivity contribution in [1.29, 1.82) is 0 Å². The maximum absolute atomic E-state index is 5.59. The van der Waals surface area contributed by atoms with Gasteiger partial charge in [-0.25, -0.2) is 0 Å². The number of hydrogen-bond acceptors (Lipinski definition) is 1. The van der Waals surface area contributed by atoms with Gasteiger partial charge in [-0.2, -0.15) is 0 Å². The van der Waals surface area contributed by atoms with Gasteiger partial charge < -0.3 is 5.73 Å². The SMILES string of the molecule is C/C(=C/c1ccccc1C1CC1)CN. The Kier molecular flexibility index (Phi) is 2.69. The third kappa shape index (κ3) is 2.05. The van der Waals surface area contributed by atoms with Crippen LogP contribution >= 0.6 is 0 Å². The predicted octanol–water partition coefficient (Wildman–Crippen LogP) is 2.93. The van der Waals surface area contributed by atoms with Crippen molar-refractivity contribution in [3.63, 3.8) is 0 Å². The molecule has 1 saturated carbocycles. The molecule has 0 aliphatic heterocycles. The zero-order chi connectivity index (χ0) is 9.97. The van der Waals surface area contributed by atoms with Crippen LogP contribution in [0.3, 0.4) is 0 Å². The Labute approximate surface area is 85.6 Å². The second-order valence-corrected chi connectivity index (χ2v) is 4.10. The van der Waals surface area contributed by atoms with Gasteiger partial charge in [-0.1, -0.05) is 35.9 Å². The molecule has 1 nitrogen and oxygen atoms in total. The maximum atomic E-state index is 5.59. The van der Waals surface area contributed by atoms with Crippen molar-refractivity contribution in [2.75, 3.05) is 6.54 Å². The van der Waals surface area contributed by atoms with Crippen LogP contribution in [-0.4, -0.2) is 6.54 Å². The van der Waals surface area contributed by atoms with Crippen molar-refractivity contribution in [2.45, 2.75) is 25.7 Å². The summed E-state index contributed by atoms with van der Waals surface area (Å²) in [4.78, 5) is 0. The second-order valence-electron chi connectivity index (χ2n) is 4.10. The minimum absolute atomic E-state index is 0.652. The van der Waals surface area contributed by atoms with Gasteiger partial charge in [0.1, 0.15) is 0 Å². The lowest BCUT2D eigenvalue weighted by Gasteiger charge is -2.04. The van der Waals surface area contributed by atoms with Gasteiger partial charge in [-0.05, 0) is 36.8 Å². The molecule has 0 aromatic heterocycles. The minimum Gasteiger partial charge on any atom is -0.327 e. The molecule has 0 amide bonds. The fourth-order valence-corrected chi connectivity index (χ4v) is 1.73. The summed E-state index contributed by atoms with van der Waals surface area (Å²) < 4.78 is 0. The fraction of sp³-hybridized carbons (Fsp3) is 0.385. The Balaban J connectivity index is 2.31. The van der Waals surface area contributed by atoms with Gasteiger partial charge in [0, 0.05) is 6.54 Å². The summed E-state index contributed by atoms with van der Waals surface area (Å²) in [6, 6.07) is 8.66. The van der Waals surface area contributed by atoms with Crippen molar-refractivity contribution < 1.29 is 0 Å². The minimum atomic E-state index is 0.652. The lowest BCUT2D eigenvalue weighted by Crippen LogP contribution is -1.99. The standard InChI is InChI=1S/C13H17N/c1-10(9-14)8-12-4-2-3-5-13(12)11-6-7-11/h2-5,8,11H,6-7,9,14H2,1H3/b10-8-. The third-order valence-corrected chi connectivity index (χ3v) is 2.74. The summed E-state index contributed by atoms with van der Waals surface area (Å²) >= 11 is 0. The Hall–Kier alpha value is -1.08. The van der Waals surface area contributed by atoms with E-state index in [1.807, 2.05) is 0 Å². The molecule has 1 heteroatoms. The largest absolute Gasteiger partial charge is 0.327 e. The van der Waals surface area contributed by atoms with E-state index in [1.54, 1.807) is 0 Å². The molecular formula is C13H17N. The molecule has 1 aliphatic carbocycles. The first kappa shape index (κ1) is 9.47. The van der Waals surface area contributed by atoms with E-state index in [9.17, 15) is 0 Å². The van der Waals surface area contributed by atoms with E-state index in [2.05, 4.69) is 37.3 Å². The average Bonchev–Trinajstić information content (AvgIpc) is 3.02. The van der Waals surface area contributed by atoms with Crippen LogP contribution in [0.5, 0.6) is 0 Å². The topological polar surface area (TPSA) is 26.0 Å². The molecule has 0 spiro atoms. The van der Waals surface area contributed by atoms with Gasteiger partial charge in [0.2, 0.25) is 0 Å². The van der Waals surface area contributed by atoms with Gasteiger partial charge in [0.05, 0.1) is 0 Å². The van der Waals surface area contributed by atoms with Crippen LogP contribution in [0.4, 0.5) is 0 Å². The van der Waals surface area contributed by atoms with Crippen LogP contribution in [0.2, 0.25) is 0 Å². The maximum Gasteiger partial charge on any atom is 0.0137 e. The van der Waals surface area contributed by atoms with E-state index in [0.717, 1.165) is 5.92 Å². The molecule has 1 aromatic carbocycles. The molecule has 2 N–H and O–H groups in total. The van der Waals surface area contributed by atoms with E-state index in [1.165, 1.54) is 29.5 Å². The summed E-state index contributed by atoms with van der Waals surface area (Å²) in [5.74, 6) is 0.813. The van der Waals surface area contributed by atoms with Crippen molar-refractivity contribution in [1.82, 2.24) is 0 Å². The normalized spacial score (nSPS) is 17.1. The Morgan fingerprint density at radius 3 is 2.79 bits per heavy atom. The number of hydrogen-bond donors (Lipinski definition) is 1. The Morgan fingerprint density at radius 2 is 2.14 bits per heavy atom. The predicted molar refractivity (Wildman–Crippen MR) is 61.1 cm³/mol. The quantitative estimate of drug-likeness (QED) is 0.773. The highest BCUT2D eigenvalue weighted by atomic mass is 14.5. The smallest absolute Gasteiger partial charge is 0.0137 e. The highest BCUT2D eigenvalue weighted by Gasteiger charge is 2.24. The monoisotopic (exact) mass is 187 g/mol. The molecule has 0 unspecified atom stereocenters. The number of rotatable bonds is 3. The summed E-state index contributed by atoms with van der Waals surface area (Å²) in [5.41, 5.74) is 9.70. The van der Waals surface area contributed by atoms with Gasteiger partial charge in [0.25, 0.3) is 0 Å². The number of nitrogens with two attached hydrogens (primary N) is 1. The molecule has 0 saturated heterocycles. The van der Waals surface area contributed by atoms with Crippen LogP contribution in [0.15, 0.2) is 29.8 Å². The zero-order valence-corrected chi connectivity index (χ0v) is 8.66. The summed E-state index contributed by atoms with van der Waals surface area (Å²) in [5, 5.41) is 0. The molecule has 0 atom stereocenters. The van der Waals surface area contributed by atoms with Crippen LogP contribution in [0, 0.1) is 0 Å². The first-order valence-corrected chi connectivity index (χ1v) is 5.27. The summed E-state index contributed by atoms with van der Waals surface area (Å²) in [7, 11) is 0. The lowest BCUT2D eigenvalue weighted by molar-refractivity contribution is 1.11. The first-order chi connectivity index (χ1) is 6.81. The number of benzene rings is 1. The van der Waals surface area contributed by atoms with Crippen LogP contribution < -0.4 is 5.73 Å². The molecule has 1 aliphatic rings. The third-order valence-electron chi connectivity index (χ3n) is 2.74. The molecular weight excluding hydrogens is 170 g/mol. The molecule has 0 bridgehead atoms. The Bertz CT molecular complexity index is 348. The van der Waals surface area contributed by atoms with E-state index in [0.29, 0.717) is 6.54 Å². The molecule has 0 radical (unpaired) electrons. The highest BCUT2D eigenvalue weighted by molar-refractivity contribution is 5.58. The van der Waals surface area contributed by atoms with Gasteiger partial charge in [-0.3, -0.25) is 0 Å². The van der Waals surface area contributed by atoms with E-state index < -0.39 is 0 Å². The summed E-state index contributed by atoms with van der Waals surface area (Å²) in [6.45, 7) is 2.74. The van der Waals surface area contributed by atoms with Crippen molar-refractivity contribution in [3.05, 3.63) is 41.0 Å². The molecule has 74 valence electrons. The molecule has 1 aromatic rings. The second kappa shape index (κ2) is 3.97. The van der Waals surface area contributed by atoms with Gasteiger partial charge in [-0.15, -0.1) is 0 Å². The zero-order valence-electron chi connectivity index (χ0n) is 8.66. The van der Waals surface area contributed by atoms with Crippen molar-refractivity contribution in [2.24, 2.45) is 5.73 Å². The molecule has 0 heterocycles. The average molecular weight is 187 g/mol. The molecule has 1 fully saturated rings. The van der Waals surface area contributed by atoms with E-state index in [-0.39, 0.29) is 0 Å². The summed E-state index contributed by atoms with van der Waals surface area (Å²) in [6.07, 6.45) is 4.92. The first-order valence-electron chi connectivity index (χ1n) is 5.27. The molecule has 14 heavy (non-hydrogen) atoms. The van der Waals surface area contributed by atoms with E-state index in [4.69, 9.17) is 5.73 Å². The fourth-order valence-electron chi connectivity index (χ4n) is 1.73. The molecule has 2 rings (SSSR count). The Morgan fingerprint density at radius 1 is 1.43 bits per heavy atom.